The monoisotopic (exact) mass is 288 g/mol. The van der Waals surface area contributed by atoms with Crippen molar-refractivity contribution in [2.75, 3.05) is 20.6 Å². The van der Waals surface area contributed by atoms with E-state index in [1.54, 1.807) is 6.07 Å². The number of hydrogen-bond donors (Lipinski definition) is 1. The van der Waals surface area contributed by atoms with E-state index < -0.39 is 0 Å². The highest BCUT2D eigenvalue weighted by atomic mass is 79.9. The average molecular weight is 289 g/mol. The number of likely N-dealkylation sites (N-methyl/N-ethyl adjacent to an activating group) is 1. The predicted octanol–water partition coefficient (Wildman–Crippen LogP) is 2.63. The molecule has 1 aromatic rings. The minimum absolute atomic E-state index is 0.202. The van der Waals surface area contributed by atoms with Crippen molar-refractivity contribution in [3.8, 4) is 0 Å². The summed E-state index contributed by atoms with van der Waals surface area (Å²) >= 11 is 3.28. The molecule has 0 amide bonds. The molecule has 4 heteroatoms. The Morgan fingerprint density at radius 2 is 2.06 bits per heavy atom. The largest absolute Gasteiger partial charge is 0.311 e. The highest BCUT2D eigenvalue weighted by Crippen LogP contribution is 2.14. The molecule has 0 heterocycles. The van der Waals surface area contributed by atoms with Gasteiger partial charge in [-0.05, 0) is 44.8 Å². The number of nitrogens with zero attached hydrogens (tertiary/aromatic N) is 1. The van der Waals surface area contributed by atoms with Gasteiger partial charge in [0, 0.05) is 23.6 Å². The summed E-state index contributed by atoms with van der Waals surface area (Å²) in [5.74, 6) is -0.202. The van der Waals surface area contributed by atoms with Crippen molar-refractivity contribution in [2.45, 2.75) is 19.5 Å². The van der Waals surface area contributed by atoms with Gasteiger partial charge in [0.1, 0.15) is 5.82 Å². The highest BCUT2D eigenvalue weighted by Gasteiger charge is 2.04. The lowest BCUT2D eigenvalue weighted by atomic mass is 10.2. The fourth-order valence-corrected chi connectivity index (χ4v) is 1.83. The molecule has 90 valence electrons. The van der Waals surface area contributed by atoms with Crippen LogP contribution < -0.4 is 5.32 Å². The molecule has 0 aliphatic carbocycles. The van der Waals surface area contributed by atoms with Gasteiger partial charge >= 0.3 is 0 Å². The first-order valence-corrected chi connectivity index (χ1v) is 6.10. The number of nitrogens with one attached hydrogen (secondary N) is 1. The van der Waals surface area contributed by atoms with E-state index in [1.165, 1.54) is 6.07 Å². The predicted molar refractivity (Wildman–Crippen MR) is 69.0 cm³/mol. The van der Waals surface area contributed by atoms with Crippen LogP contribution in [0.4, 0.5) is 4.39 Å². The van der Waals surface area contributed by atoms with Crippen LogP contribution in [0.2, 0.25) is 0 Å². The summed E-state index contributed by atoms with van der Waals surface area (Å²) in [5.41, 5.74) is 0.956. The third-order valence-electron chi connectivity index (χ3n) is 2.57. The first-order valence-electron chi connectivity index (χ1n) is 5.31. The molecule has 16 heavy (non-hydrogen) atoms. The van der Waals surface area contributed by atoms with Gasteiger partial charge in [-0.25, -0.2) is 4.39 Å². The van der Waals surface area contributed by atoms with Crippen molar-refractivity contribution in [1.82, 2.24) is 10.2 Å². The van der Waals surface area contributed by atoms with Gasteiger partial charge < -0.3 is 10.2 Å². The maximum Gasteiger partial charge on any atom is 0.124 e. The first kappa shape index (κ1) is 13.6. The molecule has 0 radical (unpaired) electrons. The van der Waals surface area contributed by atoms with Crippen molar-refractivity contribution in [3.63, 3.8) is 0 Å². The maximum atomic E-state index is 13.1. The van der Waals surface area contributed by atoms with Gasteiger partial charge in [0.05, 0.1) is 0 Å². The van der Waals surface area contributed by atoms with Crippen LogP contribution in [0.25, 0.3) is 0 Å². The molecular formula is C12H18BrFN2. The topological polar surface area (TPSA) is 15.3 Å². The molecule has 1 N–H and O–H groups in total. The molecule has 0 aromatic heterocycles. The Bertz CT molecular complexity index is 322. The zero-order valence-corrected chi connectivity index (χ0v) is 11.5. The van der Waals surface area contributed by atoms with E-state index in [2.05, 4.69) is 33.1 Å². The Hall–Kier alpha value is -0.450. The second kappa shape index (κ2) is 6.33. The second-order valence-electron chi connectivity index (χ2n) is 4.22. The Morgan fingerprint density at radius 3 is 2.62 bits per heavy atom. The van der Waals surface area contributed by atoms with Crippen LogP contribution in [0.15, 0.2) is 22.7 Å². The third-order valence-corrected chi connectivity index (χ3v) is 3.03. The normalized spacial score (nSPS) is 13.1. The van der Waals surface area contributed by atoms with Crippen molar-refractivity contribution >= 4 is 15.9 Å². The van der Waals surface area contributed by atoms with Crippen LogP contribution in [0.1, 0.15) is 12.5 Å². The van der Waals surface area contributed by atoms with Gasteiger partial charge in [0.2, 0.25) is 0 Å². The van der Waals surface area contributed by atoms with E-state index in [0.29, 0.717) is 12.6 Å². The van der Waals surface area contributed by atoms with Gasteiger partial charge in [-0.3, -0.25) is 0 Å². The summed E-state index contributed by atoms with van der Waals surface area (Å²) < 4.78 is 13.9. The van der Waals surface area contributed by atoms with Crippen LogP contribution in [0, 0.1) is 5.82 Å². The number of hydrogen-bond acceptors (Lipinski definition) is 2. The average Bonchev–Trinajstić information content (AvgIpc) is 2.15. The van der Waals surface area contributed by atoms with Crippen LogP contribution in [-0.4, -0.2) is 31.6 Å². The standard InChI is InChI=1S/C12H18BrFN2/c1-9(16(2)3)7-15-8-10-4-11(13)6-12(14)5-10/h4-6,9,15H,7-8H2,1-3H3. The molecule has 2 nitrogen and oxygen atoms in total. The summed E-state index contributed by atoms with van der Waals surface area (Å²) in [4.78, 5) is 2.15. The van der Waals surface area contributed by atoms with E-state index >= 15 is 0 Å². The molecule has 1 rings (SSSR count). The minimum atomic E-state index is -0.202. The molecule has 1 aromatic carbocycles. The smallest absolute Gasteiger partial charge is 0.124 e. The van der Waals surface area contributed by atoms with Crippen LogP contribution in [-0.2, 0) is 6.54 Å². The summed E-state index contributed by atoms with van der Waals surface area (Å²) in [5, 5.41) is 3.31. The Labute approximate surface area is 105 Å². The van der Waals surface area contributed by atoms with Gasteiger partial charge in [0.25, 0.3) is 0 Å². The van der Waals surface area contributed by atoms with E-state index in [0.717, 1.165) is 16.6 Å². The summed E-state index contributed by atoms with van der Waals surface area (Å²) in [6.45, 7) is 3.73. The molecule has 0 saturated carbocycles. The van der Waals surface area contributed by atoms with Gasteiger partial charge in [-0.2, -0.15) is 0 Å². The van der Waals surface area contributed by atoms with Crippen LogP contribution in [0.3, 0.4) is 0 Å². The van der Waals surface area contributed by atoms with Crippen LogP contribution in [0.5, 0.6) is 0 Å². The van der Waals surface area contributed by atoms with Crippen molar-refractivity contribution in [2.24, 2.45) is 0 Å². The lowest BCUT2D eigenvalue weighted by molar-refractivity contribution is 0.302. The minimum Gasteiger partial charge on any atom is -0.311 e. The second-order valence-corrected chi connectivity index (χ2v) is 5.14. The zero-order chi connectivity index (χ0) is 12.1. The molecule has 0 aliphatic heterocycles. The summed E-state index contributed by atoms with van der Waals surface area (Å²) in [7, 11) is 4.09. The van der Waals surface area contributed by atoms with Crippen molar-refractivity contribution < 1.29 is 4.39 Å². The quantitative estimate of drug-likeness (QED) is 0.896. The zero-order valence-electron chi connectivity index (χ0n) is 9.93. The maximum absolute atomic E-state index is 13.1. The molecule has 0 bridgehead atoms. The molecule has 1 atom stereocenters. The fraction of sp³-hybridized carbons (Fsp3) is 0.500. The summed E-state index contributed by atoms with van der Waals surface area (Å²) in [6.07, 6.45) is 0. The Balaban J connectivity index is 2.43. The SMILES string of the molecule is CC(CNCc1cc(F)cc(Br)c1)N(C)C. The van der Waals surface area contributed by atoms with Gasteiger partial charge in [-0.15, -0.1) is 0 Å². The fourth-order valence-electron chi connectivity index (χ4n) is 1.32. The molecule has 0 spiro atoms. The first-order chi connectivity index (χ1) is 7.49. The Kier molecular flexibility index (Phi) is 5.38. The third kappa shape index (κ3) is 4.60. The van der Waals surface area contributed by atoms with E-state index in [1.807, 2.05) is 20.2 Å². The highest BCUT2D eigenvalue weighted by molar-refractivity contribution is 9.10. The lowest BCUT2D eigenvalue weighted by Gasteiger charge is -2.20. The molecule has 0 fully saturated rings. The number of rotatable bonds is 5. The summed E-state index contributed by atoms with van der Waals surface area (Å²) in [6, 6.07) is 5.41. The number of benzene rings is 1. The van der Waals surface area contributed by atoms with E-state index in [9.17, 15) is 4.39 Å². The molecule has 0 aliphatic rings. The number of halogens is 2. The Morgan fingerprint density at radius 1 is 1.38 bits per heavy atom. The molecule has 1 unspecified atom stereocenters. The van der Waals surface area contributed by atoms with Crippen molar-refractivity contribution in [3.05, 3.63) is 34.1 Å². The van der Waals surface area contributed by atoms with Gasteiger partial charge in [0.15, 0.2) is 0 Å². The van der Waals surface area contributed by atoms with Gasteiger partial charge in [-0.1, -0.05) is 15.9 Å². The lowest BCUT2D eigenvalue weighted by Crippen LogP contribution is -2.35. The van der Waals surface area contributed by atoms with E-state index in [-0.39, 0.29) is 5.82 Å². The van der Waals surface area contributed by atoms with Crippen molar-refractivity contribution in [1.29, 1.82) is 0 Å². The van der Waals surface area contributed by atoms with Crippen LogP contribution >= 0.6 is 15.9 Å². The molecular weight excluding hydrogens is 271 g/mol. The molecule has 0 saturated heterocycles. The van der Waals surface area contributed by atoms with E-state index in [4.69, 9.17) is 0 Å².